The fraction of sp³-hybridized carbons (Fsp3) is 0.606. The summed E-state index contributed by atoms with van der Waals surface area (Å²) < 4.78 is 26.1. The number of hydrogen-bond acceptors (Lipinski definition) is 7. The van der Waals surface area contributed by atoms with Crippen molar-refractivity contribution in [2.75, 3.05) is 13.2 Å². The standard InChI is InChI=1S/C33H48FNO7/c1-2-3-4-5-6-7-8-9-10-11-12-13-20-41-25-17-14-23(15-18-25)26-19-16-24(21-27(26)34)32(40)35-33-31(39)30(38)29(37)28(22-36)42-33/h14-19,21,28-31,33,36-39H,2-13,20,22H2,1H3,(H,35,40)/t28-,29-,30+,31+,33-/m1/s1. The second-order valence-electron chi connectivity index (χ2n) is 11.2. The predicted molar refractivity (Wildman–Crippen MR) is 160 cm³/mol. The molecule has 5 N–H and O–H groups in total. The SMILES string of the molecule is CCCCCCCCCCCCCCOc1ccc(-c2ccc(C(=O)N[C@@H]3O[C@H](CO)[C@@H](O)[C@H](O)[C@@H]3O)cc2F)cc1. The fourth-order valence-electron chi connectivity index (χ4n) is 5.19. The van der Waals surface area contributed by atoms with Crippen LogP contribution in [0.4, 0.5) is 4.39 Å². The number of halogens is 1. The topological polar surface area (TPSA) is 128 Å². The van der Waals surface area contributed by atoms with Crippen LogP contribution in [0.3, 0.4) is 0 Å². The predicted octanol–water partition coefficient (Wildman–Crippen LogP) is 5.10. The van der Waals surface area contributed by atoms with E-state index < -0.39 is 49.0 Å². The number of benzene rings is 2. The van der Waals surface area contributed by atoms with Crippen molar-refractivity contribution in [1.82, 2.24) is 5.32 Å². The fourth-order valence-corrected chi connectivity index (χ4v) is 5.19. The molecule has 0 saturated carbocycles. The lowest BCUT2D eigenvalue weighted by Gasteiger charge is -2.40. The van der Waals surface area contributed by atoms with Crippen LogP contribution in [0.15, 0.2) is 42.5 Å². The summed E-state index contributed by atoms with van der Waals surface area (Å²) >= 11 is 0. The van der Waals surface area contributed by atoms with Crippen molar-refractivity contribution in [1.29, 1.82) is 0 Å². The summed E-state index contributed by atoms with van der Waals surface area (Å²) in [6.45, 7) is 2.27. The molecule has 1 heterocycles. The Morgan fingerprint density at radius 1 is 0.833 bits per heavy atom. The van der Waals surface area contributed by atoms with Gasteiger partial charge in [0.25, 0.3) is 5.91 Å². The molecular weight excluding hydrogens is 541 g/mol. The molecule has 8 nitrogen and oxygen atoms in total. The second kappa shape index (κ2) is 18.2. The van der Waals surface area contributed by atoms with Gasteiger partial charge in [0.2, 0.25) is 0 Å². The van der Waals surface area contributed by atoms with E-state index in [4.69, 9.17) is 9.47 Å². The number of aliphatic hydroxyl groups excluding tert-OH is 4. The van der Waals surface area contributed by atoms with Crippen molar-refractivity contribution in [3.8, 4) is 16.9 Å². The van der Waals surface area contributed by atoms with Crippen LogP contribution < -0.4 is 10.1 Å². The number of nitrogens with one attached hydrogen (secondary N) is 1. The Morgan fingerprint density at radius 2 is 1.43 bits per heavy atom. The van der Waals surface area contributed by atoms with Crippen molar-refractivity contribution in [2.24, 2.45) is 0 Å². The zero-order valence-corrected chi connectivity index (χ0v) is 24.7. The minimum absolute atomic E-state index is 0.0180. The lowest BCUT2D eigenvalue weighted by atomic mass is 9.98. The van der Waals surface area contributed by atoms with Crippen molar-refractivity contribution in [3.05, 3.63) is 53.8 Å². The van der Waals surface area contributed by atoms with Gasteiger partial charge in [0.1, 0.15) is 36.0 Å². The molecule has 1 saturated heterocycles. The number of aliphatic hydroxyl groups is 4. The third kappa shape index (κ3) is 10.3. The van der Waals surface area contributed by atoms with Gasteiger partial charge in [0, 0.05) is 11.1 Å². The Hall–Kier alpha value is -2.56. The first-order valence-corrected chi connectivity index (χ1v) is 15.5. The quantitative estimate of drug-likeness (QED) is 0.153. The van der Waals surface area contributed by atoms with E-state index in [1.807, 2.05) is 0 Å². The van der Waals surface area contributed by atoms with Gasteiger partial charge in [-0.2, -0.15) is 0 Å². The van der Waals surface area contributed by atoms with E-state index >= 15 is 0 Å². The molecule has 0 unspecified atom stereocenters. The van der Waals surface area contributed by atoms with Crippen LogP contribution in [0, 0.1) is 5.82 Å². The smallest absolute Gasteiger partial charge is 0.253 e. The van der Waals surface area contributed by atoms with Gasteiger partial charge in [-0.1, -0.05) is 95.8 Å². The molecule has 1 amide bonds. The first kappa shape index (κ1) is 33.9. The molecule has 0 radical (unpaired) electrons. The second-order valence-corrected chi connectivity index (χ2v) is 11.2. The van der Waals surface area contributed by atoms with Gasteiger partial charge in [0.05, 0.1) is 13.2 Å². The number of amides is 1. The molecule has 0 aliphatic carbocycles. The highest BCUT2D eigenvalue weighted by Gasteiger charge is 2.44. The Balaban J connectivity index is 1.38. The maximum Gasteiger partial charge on any atom is 0.253 e. The Morgan fingerprint density at radius 3 is 2.00 bits per heavy atom. The van der Waals surface area contributed by atoms with Crippen LogP contribution in [0.2, 0.25) is 0 Å². The molecule has 9 heteroatoms. The van der Waals surface area contributed by atoms with Crippen LogP contribution in [-0.4, -0.2) is 70.2 Å². The van der Waals surface area contributed by atoms with E-state index in [2.05, 4.69) is 12.2 Å². The van der Waals surface area contributed by atoms with E-state index in [-0.39, 0.29) is 5.56 Å². The minimum Gasteiger partial charge on any atom is -0.494 e. The van der Waals surface area contributed by atoms with Crippen LogP contribution in [-0.2, 0) is 4.74 Å². The Bertz CT molecular complexity index is 1060. The summed E-state index contributed by atoms with van der Waals surface area (Å²) in [6.07, 6.45) is 8.12. The highest BCUT2D eigenvalue weighted by molar-refractivity contribution is 5.95. The molecule has 1 aliphatic heterocycles. The number of rotatable bonds is 18. The molecule has 0 spiro atoms. The van der Waals surface area contributed by atoms with Gasteiger partial charge in [-0.15, -0.1) is 0 Å². The summed E-state index contributed by atoms with van der Waals surface area (Å²) in [4.78, 5) is 12.7. The van der Waals surface area contributed by atoms with E-state index in [0.717, 1.165) is 24.7 Å². The van der Waals surface area contributed by atoms with E-state index in [0.29, 0.717) is 17.7 Å². The first-order valence-electron chi connectivity index (χ1n) is 15.5. The molecule has 3 rings (SSSR count). The average Bonchev–Trinajstić information content (AvgIpc) is 3.00. The zero-order chi connectivity index (χ0) is 30.3. The van der Waals surface area contributed by atoms with E-state index in [1.165, 1.54) is 76.3 Å². The average molecular weight is 590 g/mol. The largest absolute Gasteiger partial charge is 0.494 e. The number of carbonyl (C=O) groups is 1. The highest BCUT2D eigenvalue weighted by atomic mass is 19.1. The van der Waals surface area contributed by atoms with Crippen LogP contribution in [0.5, 0.6) is 5.75 Å². The van der Waals surface area contributed by atoms with Crippen molar-refractivity contribution in [3.63, 3.8) is 0 Å². The maximum atomic E-state index is 15.0. The lowest BCUT2D eigenvalue weighted by molar-refractivity contribution is -0.233. The third-order valence-corrected chi connectivity index (χ3v) is 7.83. The van der Waals surface area contributed by atoms with Crippen molar-refractivity contribution in [2.45, 2.75) is 115 Å². The summed E-state index contributed by atoms with van der Waals surface area (Å²) in [5, 5.41) is 41.6. The van der Waals surface area contributed by atoms with Gasteiger partial charge < -0.3 is 35.2 Å². The monoisotopic (exact) mass is 589 g/mol. The molecule has 5 atom stereocenters. The molecule has 234 valence electrons. The number of unbranched alkanes of at least 4 members (excludes halogenated alkanes) is 11. The van der Waals surface area contributed by atoms with Crippen LogP contribution in [0.1, 0.15) is 94.3 Å². The molecule has 0 bridgehead atoms. The Labute approximate surface area is 248 Å². The van der Waals surface area contributed by atoms with Crippen LogP contribution in [0.25, 0.3) is 11.1 Å². The molecular formula is C33H48FNO7. The number of hydrogen-bond donors (Lipinski definition) is 5. The summed E-state index contributed by atoms with van der Waals surface area (Å²) in [6, 6.07) is 11.1. The van der Waals surface area contributed by atoms with Gasteiger partial charge in [0.15, 0.2) is 6.23 Å². The van der Waals surface area contributed by atoms with Gasteiger partial charge in [-0.3, -0.25) is 4.79 Å². The molecule has 2 aromatic rings. The number of ether oxygens (including phenoxy) is 2. The molecule has 1 fully saturated rings. The van der Waals surface area contributed by atoms with Crippen molar-refractivity contribution >= 4 is 5.91 Å². The molecule has 2 aromatic carbocycles. The Kier molecular flexibility index (Phi) is 14.7. The summed E-state index contributed by atoms with van der Waals surface area (Å²) in [5.41, 5.74) is 0.925. The highest BCUT2D eigenvalue weighted by Crippen LogP contribution is 2.27. The summed E-state index contributed by atoms with van der Waals surface area (Å²) in [7, 11) is 0. The van der Waals surface area contributed by atoms with Gasteiger partial charge in [-0.25, -0.2) is 4.39 Å². The summed E-state index contributed by atoms with van der Waals surface area (Å²) in [5.74, 6) is -0.634. The zero-order valence-electron chi connectivity index (χ0n) is 24.7. The number of carbonyl (C=O) groups excluding carboxylic acids is 1. The van der Waals surface area contributed by atoms with Crippen molar-refractivity contribution < 1.29 is 39.1 Å². The molecule has 1 aliphatic rings. The molecule has 42 heavy (non-hydrogen) atoms. The van der Waals surface area contributed by atoms with Crippen LogP contribution >= 0.6 is 0 Å². The normalized spacial score (nSPS) is 22.2. The van der Waals surface area contributed by atoms with E-state index in [9.17, 15) is 29.6 Å². The lowest BCUT2D eigenvalue weighted by Crippen LogP contribution is -2.63. The molecule has 0 aromatic heterocycles. The maximum absolute atomic E-state index is 15.0. The minimum atomic E-state index is -1.63. The third-order valence-electron chi connectivity index (χ3n) is 7.83. The van der Waals surface area contributed by atoms with Gasteiger partial charge >= 0.3 is 0 Å². The van der Waals surface area contributed by atoms with Gasteiger partial charge in [-0.05, 0) is 36.2 Å². The first-order chi connectivity index (χ1) is 20.3. The van der Waals surface area contributed by atoms with E-state index in [1.54, 1.807) is 24.3 Å².